The molecular weight excluding hydrogens is 238 g/mol. The van der Waals surface area contributed by atoms with Gasteiger partial charge in [0, 0.05) is 4.47 Å². The molecule has 1 saturated carbocycles. The van der Waals surface area contributed by atoms with Gasteiger partial charge < -0.3 is 5.73 Å². The molecule has 1 aromatic rings. The molecule has 1 aliphatic rings. The second-order valence-electron chi connectivity index (χ2n) is 4.36. The normalized spacial score (nSPS) is 19.0. The molecule has 0 aliphatic heterocycles. The Morgan fingerprint density at radius 2 is 2.14 bits per heavy atom. The molecule has 0 unspecified atom stereocenters. The fourth-order valence-electron chi connectivity index (χ4n) is 2.21. The average Bonchev–Trinajstić information content (AvgIpc) is 2.11. The summed E-state index contributed by atoms with van der Waals surface area (Å²) in [5, 5.41) is 0. The molecule has 0 amide bonds. The lowest BCUT2D eigenvalue weighted by molar-refractivity contribution is 0.145. The molecule has 0 heterocycles. The lowest BCUT2D eigenvalue weighted by Crippen LogP contribution is -2.39. The van der Waals surface area contributed by atoms with Gasteiger partial charge in [-0.15, -0.1) is 0 Å². The SMILES string of the molecule is NCC1(Cc2cccc(Br)c2)CCC1. The second kappa shape index (κ2) is 4.03. The molecule has 14 heavy (non-hydrogen) atoms. The Morgan fingerprint density at radius 3 is 2.64 bits per heavy atom. The topological polar surface area (TPSA) is 26.0 Å². The Balaban J connectivity index is 2.09. The second-order valence-corrected chi connectivity index (χ2v) is 5.28. The van der Waals surface area contributed by atoms with Gasteiger partial charge in [0.15, 0.2) is 0 Å². The number of rotatable bonds is 3. The van der Waals surface area contributed by atoms with Crippen molar-refractivity contribution in [1.29, 1.82) is 0 Å². The summed E-state index contributed by atoms with van der Waals surface area (Å²) in [6.45, 7) is 0.833. The maximum absolute atomic E-state index is 5.84. The van der Waals surface area contributed by atoms with Crippen molar-refractivity contribution < 1.29 is 0 Å². The molecule has 1 aliphatic carbocycles. The molecule has 2 heteroatoms. The highest BCUT2D eigenvalue weighted by molar-refractivity contribution is 9.10. The molecule has 1 aromatic carbocycles. The Hall–Kier alpha value is -0.340. The molecule has 0 aromatic heterocycles. The minimum absolute atomic E-state index is 0.417. The van der Waals surface area contributed by atoms with E-state index in [-0.39, 0.29) is 0 Å². The van der Waals surface area contributed by atoms with Crippen LogP contribution in [0, 0.1) is 5.41 Å². The fourth-order valence-corrected chi connectivity index (χ4v) is 2.66. The average molecular weight is 254 g/mol. The molecule has 0 atom stereocenters. The van der Waals surface area contributed by atoms with Crippen LogP contribution in [0.25, 0.3) is 0 Å². The van der Waals surface area contributed by atoms with Crippen molar-refractivity contribution in [3.05, 3.63) is 34.3 Å². The first kappa shape index (κ1) is 10.2. The lowest BCUT2D eigenvalue weighted by Gasteiger charge is -2.41. The predicted octanol–water partition coefficient (Wildman–Crippen LogP) is 3.12. The summed E-state index contributed by atoms with van der Waals surface area (Å²) in [5.74, 6) is 0. The van der Waals surface area contributed by atoms with Crippen LogP contribution in [0.5, 0.6) is 0 Å². The fraction of sp³-hybridized carbons (Fsp3) is 0.500. The predicted molar refractivity (Wildman–Crippen MR) is 63.2 cm³/mol. The maximum Gasteiger partial charge on any atom is 0.0177 e. The van der Waals surface area contributed by atoms with E-state index in [0.29, 0.717) is 5.41 Å². The molecule has 76 valence electrons. The van der Waals surface area contributed by atoms with E-state index < -0.39 is 0 Å². The molecule has 0 radical (unpaired) electrons. The smallest absolute Gasteiger partial charge is 0.0177 e. The van der Waals surface area contributed by atoms with Gasteiger partial charge in [-0.25, -0.2) is 0 Å². The molecule has 0 bridgehead atoms. The maximum atomic E-state index is 5.84. The third-order valence-corrected chi connectivity index (χ3v) is 3.81. The van der Waals surface area contributed by atoms with Gasteiger partial charge in [-0.1, -0.05) is 34.5 Å². The molecule has 1 nitrogen and oxygen atoms in total. The van der Waals surface area contributed by atoms with Gasteiger partial charge >= 0.3 is 0 Å². The van der Waals surface area contributed by atoms with E-state index in [0.717, 1.165) is 13.0 Å². The van der Waals surface area contributed by atoms with E-state index in [9.17, 15) is 0 Å². The number of hydrogen-bond donors (Lipinski definition) is 1. The van der Waals surface area contributed by atoms with Crippen molar-refractivity contribution in [2.24, 2.45) is 11.1 Å². The van der Waals surface area contributed by atoms with Crippen LogP contribution in [0.15, 0.2) is 28.7 Å². The third kappa shape index (κ3) is 2.01. The summed E-state index contributed by atoms with van der Waals surface area (Å²) < 4.78 is 1.17. The summed E-state index contributed by atoms with van der Waals surface area (Å²) in [7, 11) is 0. The van der Waals surface area contributed by atoms with Crippen molar-refractivity contribution in [2.45, 2.75) is 25.7 Å². The Labute approximate surface area is 93.8 Å². The molecule has 2 N–H and O–H groups in total. The van der Waals surface area contributed by atoms with Crippen molar-refractivity contribution in [3.8, 4) is 0 Å². The zero-order valence-corrected chi connectivity index (χ0v) is 9.89. The summed E-state index contributed by atoms with van der Waals surface area (Å²) in [4.78, 5) is 0. The van der Waals surface area contributed by atoms with E-state index >= 15 is 0 Å². The molecule has 2 rings (SSSR count). The highest BCUT2D eigenvalue weighted by Crippen LogP contribution is 2.42. The minimum Gasteiger partial charge on any atom is -0.330 e. The standard InChI is InChI=1S/C12H16BrN/c13-11-4-1-3-10(7-11)8-12(9-14)5-2-6-12/h1,3-4,7H,2,5-6,8-9,14H2. The number of nitrogens with two attached hydrogens (primary N) is 1. The Bertz CT molecular complexity index is 312. The first-order chi connectivity index (χ1) is 6.74. The first-order valence-electron chi connectivity index (χ1n) is 5.19. The van der Waals surface area contributed by atoms with Crippen LogP contribution in [0.2, 0.25) is 0 Å². The van der Waals surface area contributed by atoms with E-state index in [1.807, 2.05) is 0 Å². The number of hydrogen-bond acceptors (Lipinski definition) is 1. The van der Waals surface area contributed by atoms with E-state index in [2.05, 4.69) is 40.2 Å². The summed E-state index contributed by atoms with van der Waals surface area (Å²) in [6.07, 6.45) is 5.10. The van der Waals surface area contributed by atoms with Crippen LogP contribution in [0.4, 0.5) is 0 Å². The molecule has 0 saturated heterocycles. The van der Waals surface area contributed by atoms with Crippen LogP contribution in [0.3, 0.4) is 0 Å². The van der Waals surface area contributed by atoms with E-state index in [1.165, 1.54) is 29.3 Å². The first-order valence-corrected chi connectivity index (χ1v) is 5.98. The van der Waals surface area contributed by atoms with Gasteiger partial charge in [-0.05, 0) is 48.9 Å². The van der Waals surface area contributed by atoms with Gasteiger partial charge in [0.05, 0.1) is 0 Å². The van der Waals surface area contributed by atoms with Crippen molar-refractivity contribution >= 4 is 15.9 Å². The van der Waals surface area contributed by atoms with Gasteiger partial charge in [0.25, 0.3) is 0 Å². The van der Waals surface area contributed by atoms with Gasteiger partial charge in [0.1, 0.15) is 0 Å². The van der Waals surface area contributed by atoms with Crippen LogP contribution in [-0.4, -0.2) is 6.54 Å². The van der Waals surface area contributed by atoms with Gasteiger partial charge in [-0.2, -0.15) is 0 Å². The summed E-state index contributed by atoms with van der Waals surface area (Å²) in [5.41, 5.74) is 7.67. The zero-order valence-electron chi connectivity index (χ0n) is 8.30. The third-order valence-electron chi connectivity index (χ3n) is 3.32. The Kier molecular flexibility index (Phi) is 2.93. The molecular formula is C12H16BrN. The van der Waals surface area contributed by atoms with Crippen LogP contribution >= 0.6 is 15.9 Å². The van der Waals surface area contributed by atoms with Crippen LogP contribution in [-0.2, 0) is 6.42 Å². The molecule has 1 fully saturated rings. The largest absolute Gasteiger partial charge is 0.330 e. The van der Waals surface area contributed by atoms with Crippen LogP contribution in [0.1, 0.15) is 24.8 Å². The molecule has 0 spiro atoms. The highest BCUT2D eigenvalue weighted by atomic mass is 79.9. The summed E-state index contributed by atoms with van der Waals surface area (Å²) in [6, 6.07) is 8.57. The number of benzene rings is 1. The van der Waals surface area contributed by atoms with Crippen molar-refractivity contribution in [3.63, 3.8) is 0 Å². The Morgan fingerprint density at radius 1 is 1.36 bits per heavy atom. The van der Waals surface area contributed by atoms with Crippen molar-refractivity contribution in [2.75, 3.05) is 6.54 Å². The number of halogens is 1. The van der Waals surface area contributed by atoms with Crippen molar-refractivity contribution in [1.82, 2.24) is 0 Å². The summed E-state index contributed by atoms with van der Waals surface area (Å²) >= 11 is 3.50. The minimum atomic E-state index is 0.417. The monoisotopic (exact) mass is 253 g/mol. The van der Waals surface area contributed by atoms with E-state index in [4.69, 9.17) is 5.73 Å². The van der Waals surface area contributed by atoms with Gasteiger partial charge in [0.2, 0.25) is 0 Å². The highest BCUT2D eigenvalue weighted by Gasteiger charge is 2.35. The van der Waals surface area contributed by atoms with Gasteiger partial charge in [-0.3, -0.25) is 0 Å². The quantitative estimate of drug-likeness (QED) is 0.881. The van der Waals surface area contributed by atoms with E-state index in [1.54, 1.807) is 0 Å². The zero-order chi connectivity index (χ0) is 10.0. The lowest BCUT2D eigenvalue weighted by atomic mass is 9.65. The van der Waals surface area contributed by atoms with Crippen LogP contribution < -0.4 is 5.73 Å².